The summed E-state index contributed by atoms with van der Waals surface area (Å²) in [6.45, 7) is 0.252. The zero-order valence-electron chi connectivity index (χ0n) is 25.1. The number of hydrogen-bond acceptors (Lipinski definition) is 9. The molecule has 0 unspecified atom stereocenters. The third-order valence-corrected chi connectivity index (χ3v) is 7.52. The fourth-order valence-electron chi connectivity index (χ4n) is 5.17. The van der Waals surface area contributed by atoms with E-state index in [0.717, 1.165) is 11.1 Å². The quantitative estimate of drug-likeness (QED) is 0.137. The smallest absolute Gasteiger partial charge is 0.343 e. The van der Waals surface area contributed by atoms with Crippen LogP contribution in [0, 0.1) is 0 Å². The molecule has 4 N–H and O–H groups in total. The Morgan fingerprint density at radius 2 is 1.52 bits per heavy atom. The predicted octanol–water partition coefficient (Wildman–Crippen LogP) is 5.26. The van der Waals surface area contributed by atoms with Gasteiger partial charge in [-0.25, -0.2) is 4.79 Å². The van der Waals surface area contributed by atoms with Gasteiger partial charge in [0.25, 0.3) is 5.91 Å². The number of carbonyl (C=O) groups is 4. The Kier molecular flexibility index (Phi) is 10.3. The number of carbonyl (C=O) groups excluding carboxylic acids is 4. The van der Waals surface area contributed by atoms with Gasteiger partial charge in [0.1, 0.15) is 13.2 Å². The summed E-state index contributed by atoms with van der Waals surface area (Å²) in [4.78, 5) is 52.4. The standard InChI is InChI=1S/C36H34N2O8/c37-27-13-14-28-25(18-27)12-7-17-43-33-30(34(38)40)19-26(20-31(33)46-36(28)42)29(35(41)45-22-24-10-5-2-6-11-24)15-16-32(39)44-21-23-8-3-1-4-9-23/h1-6,8-11,13-14,18-20,29H,7,12,15-17,21-22,37H2,(H2,38,40)/t29-/m0/s1. The lowest BCUT2D eigenvalue weighted by Gasteiger charge is -2.22. The molecule has 1 aliphatic rings. The number of hydrogen-bond donors (Lipinski definition) is 2. The van der Waals surface area contributed by atoms with E-state index in [4.69, 9.17) is 30.4 Å². The molecule has 0 spiro atoms. The van der Waals surface area contributed by atoms with Crippen molar-refractivity contribution < 1.29 is 38.1 Å². The van der Waals surface area contributed by atoms with Crippen molar-refractivity contribution in [1.82, 2.24) is 0 Å². The topological polar surface area (TPSA) is 157 Å². The minimum Gasteiger partial charge on any atom is -0.489 e. The van der Waals surface area contributed by atoms with Crippen molar-refractivity contribution in [3.63, 3.8) is 0 Å². The molecular weight excluding hydrogens is 588 g/mol. The number of anilines is 1. The maximum absolute atomic E-state index is 13.6. The van der Waals surface area contributed by atoms with Crippen LogP contribution in [-0.4, -0.2) is 30.4 Å². The van der Waals surface area contributed by atoms with Gasteiger partial charge in [0.15, 0.2) is 11.5 Å². The average molecular weight is 623 g/mol. The normalized spacial score (nSPS) is 13.2. The van der Waals surface area contributed by atoms with Crippen molar-refractivity contribution in [3.8, 4) is 11.5 Å². The Balaban J connectivity index is 1.46. The van der Waals surface area contributed by atoms with Crippen LogP contribution in [-0.2, 0) is 38.7 Å². The molecule has 46 heavy (non-hydrogen) atoms. The molecular formula is C36H34N2O8. The molecule has 1 heterocycles. The minimum absolute atomic E-state index is 0.0119. The molecule has 4 aromatic rings. The van der Waals surface area contributed by atoms with Gasteiger partial charge in [0.2, 0.25) is 0 Å². The van der Waals surface area contributed by atoms with Gasteiger partial charge < -0.3 is 30.4 Å². The lowest BCUT2D eigenvalue weighted by molar-refractivity contribution is -0.148. The molecule has 0 fully saturated rings. The van der Waals surface area contributed by atoms with E-state index in [1.165, 1.54) is 12.1 Å². The van der Waals surface area contributed by atoms with Gasteiger partial charge in [0, 0.05) is 12.1 Å². The molecule has 10 nitrogen and oxygen atoms in total. The second-order valence-corrected chi connectivity index (χ2v) is 10.8. The van der Waals surface area contributed by atoms with Crippen molar-refractivity contribution in [2.24, 2.45) is 5.73 Å². The van der Waals surface area contributed by atoms with Gasteiger partial charge in [-0.3, -0.25) is 14.4 Å². The van der Waals surface area contributed by atoms with Crippen LogP contribution in [0.2, 0.25) is 0 Å². The van der Waals surface area contributed by atoms with Gasteiger partial charge in [-0.05, 0) is 71.8 Å². The zero-order chi connectivity index (χ0) is 32.5. The third-order valence-electron chi connectivity index (χ3n) is 7.52. The first kappa shape index (κ1) is 31.8. The molecule has 4 aromatic carbocycles. The van der Waals surface area contributed by atoms with Crippen LogP contribution in [0.5, 0.6) is 11.5 Å². The second-order valence-electron chi connectivity index (χ2n) is 10.8. The van der Waals surface area contributed by atoms with E-state index in [2.05, 4.69) is 0 Å². The van der Waals surface area contributed by atoms with E-state index in [9.17, 15) is 19.2 Å². The van der Waals surface area contributed by atoms with Crippen LogP contribution in [0.3, 0.4) is 0 Å². The number of rotatable bonds is 10. The number of amides is 1. The van der Waals surface area contributed by atoms with Crippen molar-refractivity contribution in [2.45, 2.75) is 44.8 Å². The number of nitrogen functional groups attached to an aromatic ring is 1. The van der Waals surface area contributed by atoms with Crippen LogP contribution in [0.1, 0.15) is 68.2 Å². The van der Waals surface area contributed by atoms with E-state index in [1.807, 2.05) is 60.7 Å². The van der Waals surface area contributed by atoms with Crippen LogP contribution < -0.4 is 20.9 Å². The molecule has 0 saturated heterocycles. The molecule has 0 bridgehead atoms. The van der Waals surface area contributed by atoms with Crippen LogP contribution in [0.25, 0.3) is 0 Å². The molecule has 0 radical (unpaired) electrons. The van der Waals surface area contributed by atoms with Crippen LogP contribution >= 0.6 is 0 Å². The highest BCUT2D eigenvalue weighted by Crippen LogP contribution is 2.38. The fraction of sp³-hybridized carbons (Fsp3) is 0.222. The summed E-state index contributed by atoms with van der Waals surface area (Å²) >= 11 is 0. The lowest BCUT2D eigenvalue weighted by atomic mass is 9.91. The Hall–Kier alpha value is -5.64. The van der Waals surface area contributed by atoms with E-state index in [1.54, 1.807) is 18.2 Å². The van der Waals surface area contributed by atoms with Gasteiger partial charge >= 0.3 is 17.9 Å². The summed E-state index contributed by atoms with van der Waals surface area (Å²) in [6.07, 6.45) is 0.855. The largest absolute Gasteiger partial charge is 0.489 e. The maximum atomic E-state index is 13.6. The van der Waals surface area contributed by atoms with Gasteiger partial charge in [-0.1, -0.05) is 60.7 Å². The van der Waals surface area contributed by atoms with Gasteiger partial charge in [0.05, 0.1) is 23.7 Å². The van der Waals surface area contributed by atoms with E-state index in [-0.39, 0.29) is 55.3 Å². The van der Waals surface area contributed by atoms with E-state index in [0.29, 0.717) is 29.7 Å². The summed E-state index contributed by atoms with van der Waals surface area (Å²) in [5.74, 6) is -3.86. The Morgan fingerprint density at radius 1 is 0.848 bits per heavy atom. The molecule has 10 heteroatoms. The maximum Gasteiger partial charge on any atom is 0.343 e. The van der Waals surface area contributed by atoms with Gasteiger partial charge in [-0.15, -0.1) is 0 Å². The number of esters is 3. The Bertz CT molecular complexity index is 1720. The Morgan fingerprint density at radius 3 is 2.20 bits per heavy atom. The summed E-state index contributed by atoms with van der Waals surface area (Å²) in [7, 11) is 0. The van der Waals surface area contributed by atoms with Crippen molar-refractivity contribution >= 4 is 29.5 Å². The summed E-state index contributed by atoms with van der Waals surface area (Å²) < 4.78 is 22.8. The first-order chi connectivity index (χ1) is 22.3. The highest BCUT2D eigenvalue weighted by molar-refractivity contribution is 5.99. The fourth-order valence-corrected chi connectivity index (χ4v) is 5.17. The molecule has 1 atom stereocenters. The summed E-state index contributed by atoms with van der Waals surface area (Å²) in [5.41, 5.74) is 15.0. The molecule has 0 aliphatic carbocycles. The molecule has 0 saturated carbocycles. The number of nitrogens with two attached hydrogens (primary N) is 2. The summed E-state index contributed by atoms with van der Waals surface area (Å²) in [5, 5.41) is 0. The monoisotopic (exact) mass is 622 g/mol. The van der Waals surface area contributed by atoms with Crippen LogP contribution in [0.15, 0.2) is 91.0 Å². The molecule has 1 amide bonds. The molecule has 1 aliphatic heterocycles. The summed E-state index contributed by atoms with van der Waals surface area (Å²) in [6, 6.07) is 26.1. The number of fused-ring (bicyclic) bond motifs is 2. The lowest BCUT2D eigenvalue weighted by Crippen LogP contribution is -2.22. The average Bonchev–Trinajstić information content (AvgIpc) is 3.06. The van der Waals surface area contributed by atoms with Gasteiger partial charge in [-0.2, -0.15) is 0 Å². The zero-order valence-corrected chi connectivity index (χ0v) is 25.1. The number of benzene rings is 4. The highest BCUT2D eigenvalue weighted by Gasteiger charge is 2.30. The highest BCUT2D eigenvalue weighted by atomic mass is 16.6. The predicted molar refractivity (Wildman–Crippen MR) is 169 cm³/mol. The van der Waals surface area contributed by atoms with Crippen molar-refractivity contribution in [3.05, 3.63) is 124 Å². The SMILES string of the molecule is NC(=O)c1cc([C@H](CCC(=O)OCc2ccccc2)C(=O)OCc2ccccc2)cc2c1OCCCc1cc(N)ccc1C(=O)O2. The third kappa shape index (κ3) is 8.09. The molecule has 5 rings (SSSR count). The Labute approximate surface area is 266 Å². The second kappa shape index (κ2) is 14.9. The van der Waals surface area contributed by atoms with Crippen molar-refractivity contribution in [2.75, 3.05) is 12.3 Å². The number of primary amides is 1. The van der Waals surface area contributed by atoms with Crippen molar-refractivity contribution in [1.29, 1.82) is 0 Å². The molecule has 0 aromatic heterocycles. The van der Waals surface area contributed by atoms with E-state index < -0.39 is 29.7 Å². The minimum atomic E-state index is -1.04. The molecule has 236 valence electrons. The van der Waals surface area contributed by atoms with E-state index >= 15 is 0 Å². The first-order valence-electron chi connectivity index (χ1n) is 14.9. The number of aryl methyl sites for hydroxylation is 1. The van der Waals surface area contributed by atoms with Crippen LogP contribution in [0.4, 0.5) is 5.69 Å². The first-order valence-corrected chi connectivity index (χ1v) is 14.9. The number of ether oxygens (including phenoxy) is 4.